The summed E-state index contributed by atoms with van der Waals surface area (Å²) in [7, 11) is 3.09. The summed E-state index contributed by atoms with van der Waals surface area (Å²) >= 11 is 1.27. The minimum atomic E-state index is -0.177. The van der Waals surface area contributed by atoms with Crippen molar-refractivity contribution in [1.82, 2.24) is 15.0 Å². The van der Waals surface area contributed by atoms with E-state index in [4.69, 9.17) is 16.0 Å². The summed E-state index contributed by atoms with van der Waals surface area (Å²) in [5.74, 6) is 1.46. The molecule has 9 heteroatoms. The third-order valence-electron chi connectivity index (χ3n) is 3.83. The summed E-state index contributed by atoms with van der Waals surface area (Å²) in [4.78, 5) is 27.2. The van der Waals surface area contributed by atoms with Gasteiger partial charge < -0.3 is 24.6 Å². The Morgan fingerprint density at radius 3 is 2.81 bits per heavy atom. The lowest BCUT2D eigenvalue weighted by atomic mass is 10.2. The second-order valence-electron chi connectivity index (χ2n) is 5.53. The fraction of sp³-hybridized carbons (Fsp3) is 0.222. The number of methoxy groups -OCH3 is 2. The standard InChI is InChI=1S/C18H17N5O3S/c1-10-16-12(8-20-17(10)19-2)22-18(23-16)27-9-15(24)21-11-5-6-13(25-3)14(7-11)26-4/h5-8H,9H2,1,3-4H3,(H,21,24)(H,22,23). The number of pyridine rings is 1. The summed E-state index contributed by atoms with van der Waals surface area (Å²) in [6, 6.07) is 5.17. The number of rotatable bonds is 6. The van der Waals surface area contributed by atoms with E-state index in [-0.39, 0.29) is 11.7 Å². The van der Waals surface area contributed by atoms with Gasteiger partial charge >= 0.3 is 0 Å². The third-order valence-corrected chi connectivity index (χ3v) is 4.70. The SMILES string of the molecule is [C-]#[N+]c1ncc2[nH]c(SCC(=O)Nc3ccc(OC)c(OC)c3)nc2c1C. The summed E-state index contributed by atoms with van der Waals surface area (Å²) in [6.45, 7) is 8.92. The van der Waals surface area contributed by atoms with Gasteiger partial charge in [0, 0.05) is 17.3 Å². The van der Waals surface area contributed by atoms with Crippen LogP contribution in [0.1, 0.15) is 5.56 Å². The first-order valence-corrected chi connectivity index (χ1v) is 8.91. The molecule has 0 fully saturated rings. The Bertz CT molecular complexity index is 1040. The largest absolute Gasteiger partial charge is 0.493 e. The molecule has 0 unspecified atom stereocenters. The van der Waals surface area contributed by atoms with E-state index in [9.17, 15) is 4.79 Å². The number of aromatic amines is 1. The highest BCUT2D eigenvalue weighted by atomic mass is 32.2. The molecule has 0 spiro atoms. The molecule has 138 valence electrons. The Kier molecular flexibility index (Phi) is 5.47. The van der Waals surface area contributed by atoms with Crippen LogP contribution in [0, 0.1) is 13.5 Å². The fourth-order valence-corrected chi connectivity index (χ4v) is 3.18. The van der Waals surface area contributed by atoms with Crippen molar-refractivity contribution in [3.63, 3.8) is 0 Å². The fourth-order valence-electron chi connectivity index (χ4n) is 2.50. The summed E-state index contributed by atoms with van der Waals surface area (Å²) in [5.41, 5.74) is 2.77. The van der Waals surface area contributed by atoms with Crippen LogP contribution in [0.5, 0.6) is 11.5 Å². The Hall–Kier alpha value is -3.25. The molecule has 1 aromatic carbocycles. The van der Waals surface area contributed by atoms with E-state index in [1.807, 2.05) is 6.92 Å². The van der Waals surface area contributed by atoms with Gasteiger partial charge in [0.15, 0.2) is 16.7 Å². The molecule has 2 N–H and O–H groups in total. The van der Waals surface area contributed by atoms with Gasteiger partial charge in [0.25, 0.3) is 5.82 Å². The van der Waals surface area contributed by atoms with Crippen LogP contribution in [0.15, 0.2) is 29.6 Å². The molecule has 0 saturated carbocycles. The highest BCUT2D eigenvalue weighted by molar-refractivity contribution is 7.99. The molecule has 3 rings (SSSR count). The predicted octanol–water partition coefficient (Wildman–Crippen LogP) is 3.57. The van der Waals surface area contributed by atoms with Crippen LogP contribution in [0.2, 0.25) is 0 Å². The molecule has 2 aromatic heterocycles. The molecule has 0 aliphatic rings. The Morgan fingerprint density at radius 2 is 2.11 bits per heavy atom. The van der Waals surface area contributed by atoms with Crippen LogP contribution in [-0.2, 0) is 4.79 Å². The Morgan fingerprint density at radius 1 is 1.33 bits per heavy atom. The number of hydrogen-bond donors (Lipinski definition) is 2. The number of amides is 1. The van der Waals surface area contributed by atoms with Gasteiger partial charge in [0.2, 0.25) is 5.91 Å². The van der Waals surface area contributed by atoms with Crippen molar-refractivity contribution >= 4 is 40.2 Å². The Labute approximate surface area is 160 Å². The van der Waals surface area contributed by atoms with Gasteiger partial charge in [-0.05, 0) is 19.1 Å². The first-order chi connectivity index (χ1) is 13.0. The number of hydrogen-bond acceptors (Lipinski definition) is 6. The van der Waals surface area contributed by atoms with Gasteiger partial charge in [0.1, 0.15) is 11.7 Å². The minimum absolute atomic E-state index is 0.177. The van der Waals surface area contributed by atoms with Crippen LogP contribution < -0.4 is 14.8 Å². The summed E-state index contributed by atoms with van der Waals surface area (Å²) in [5, 5.41) is 3.41. The number of ether oxygens (including phenoxy) is 2. The molecule has 8 nitrogen and oxygen atoms in total. The second-order valence-corrected chi connectivity index (χ2v) is 6.49. The van der Waals surface area contributed by atoms with Crippen molar-refractivity contribution in [3.8, 4) is 11.5 Å². The highest BCUT2D eigenvalue weighted by Crippen LogP contribution is 2.30. The lowest BCUT2D eigenvalue weighted by molar-refractivity contribution is -0.113. The van der Waals surface area contributed by atoms with Gasteiger partial charge in [-0.2, -0.15) is 0 Å². The van der Waals surface area contributed by atoms with Gasteiger partial charge in [-0.3, -0.25) is 4.79 Å². The molecular formula is C18H17N5O3S. The van der Waals surface area contributed by atoms with Crippen molar-refractivity contribution in [3.05, 3.63) is 41.4 Å². The molecule has 0 atom stereocenters. The Balaban J connectivity index is 1.67. The molecule has 2 heterocycles. The maximum Gasteiger partial charge on any atom is 0.274 e. The molecule has 0 saturated heterocycles. The molecule has 0 aliphatic carbocycles. The van der Waals surface area contributed by atoms with Crippen LogP contribution in [0.3, 0.4) is 0 Å². The van der Waals surface area contributed by atoms with Crippen molar-refractivity contribution in [2.24, 2.45) is 0 Å². The molecule has 0 bridgehead atoms. The number of carbonyl (C=O) groups excluding carboxylic acids is 1. The number of benzene rings is 1. The first-order valence-electron chi connectivity index (χ1n) is 7.93. The second kappa shape index (κ2) is 7.97. The molecular weight excluding hydrogens is 366 g/mol. The number of aromatic nitrogens is 3. The topological polar surface area (TPSA) is 93.5 Å². The number of nitrogens with zero attached hydrogens (tertiary/aromatic N) is 3. The zero-order chi connectivity index (χ0) is 19.4. The van der Waals surface area contributed by atoms with E-state index >= 15 is 0 Å². The number of nitrogens with one attached hydrogen (secondary N) is 2. The van der Waals surface area contributed by atoms with Crippen molar-refractivity contribution in [1.29, 1.82) is 0 Å². The number of carbonyl (C=O) groups is 1. The zero-order valence-corrected chi connectivity index (χ0v) is 15.8. The predicted molar refractivity (Wildman–Crippen MR) is 104 cm³/mol. The van der Waals surface area contributed by atoms with E-state index in [1.54, 1.807) is 31.5 Å². The molecule has 1 amide bonds. The maximum absolute atomic E-state index is 12.2. The van der Waals surface area contributed by atoms with E-state index < -0.39 is 0 Å². The van der Waals surface area contributed by atoms with E-state index in [0.29, 0.717) is 33.7 Å². The molecule has 3 aromatic rings. The summed E-state index contributed by atoms with van der Waals surface area (Å²) in [6.07, 6.45) is 1.58. The quantitative estimate of drug-likeness (QED) is 0.499. The van der Waals surface area contributed by atoms with Crippen LogP contribution in [0.4, 0.5) is 11.5 Å². The van der Waals surface area contributed by atoms with Crippen LogP contribution in [-0.4, -0.2) is 40.8 Å². The van der Waals surface area contributed by atoms with Gasteiger partial charge in [-0.15, -0.1) is 4.98 Å². The lowest BCUT2D eigenvalue weighted by Gasteiger charge is -2.10. The molecule has 0 aliphatic heterocycles. The maximum atomic E-state index is 12.2. The zero-order valence-electron chi connectivity index (χ0n) is 15.0. The van der Waals surface area contributed by atoms with Gasteiger partial charge in [0.05, 0.1) is 25.5 Å². The van der Waals surface area contributed by atoms with Crippen LogP contribution >= 0.6 is 11.8 Å². The average Bonchev–Trinajstić information content (AvgIpc) is 3.10. The number of thioether (sulfide) groups is 1. The van der Waals surface area contributed by atoms with Gasteiger partial charge in [-0.25, -0.2) is 4.98 Å². The van der Waals surface area contributed by atoms with E-state index in [0.717, 1.165) is 11.1 Å². The normalized spacial score (nSPS) is 10.4. The lowest BCUT2D eigenvalue weighted by Crippen LogP contribution is -2.14. The molecule has 0 radical (unpaired) electrons. The van der Waals surface area contributed by atoms with E-state index in [1.165, 1.54) is 18.9 Å². The van der Waals surface area contributed by atoms with Crippen molar-refractivity contribution in [2.45, 2.75) is 12.1 Å². The minimum Gasteiger partial charge on any atom is -0.493 e. The van der Waals surface area contributed by atoms with Gasteiger partial charge in [-0.1, -0.05) is 18.3 Å². The highest BCUT2D eigenvalue weighted by Gasteiger charge is 2.13. The first kappa shape index (κ1) is 18.5. The van der Waals surface area contributed by atoms with Crippen LogP contribution in [0.25, 0.3) is 15.9 Å². The number of aryl methyl sites for hydroxylation is 1. The third kappa shape index (κ3) is 3.96. The van der Waals surface area contributed by atoms with Crippen molar-refractivity contribution in [2.75, 3.05) is 25.3 Å². The summed E-state index contributed by atoms with van der Waals surface area (Å²) < 4.78 is 10.4. The average molecular weight is 383 g/mol. The molecule has 27 heavy (non-hydrogen) atoms. The van der Waals surface area contributed by atoms with E-state index in [2.05, 4.69) is 25.1 Å². The number of H-pyrrole nitrogens is 1. The smallest absolute Gasteiger partial charge is 0.274 e. The van der Waals surface area contributed by atoms with Crippen molar-refractivity contribution < 1.29 is 14.3 Å². The monoisotopic (exact) mass is 383 g/mol. The number of fused-ring (bicyclic) bond motifs is 1. The number of anilines is 1. The number of imidazole rings is 1.